The fourth-order valence-corrected chi connectivity index (χ4v) is 3.16. The average molecular weight is 303 g/mol. The van der Waals surface area contributed by atoms with E-state index in [9.17, 15) is 13.2 Å². The van der Waals surface area contributed by atoms with E-state index in [0.29, 0.717) is 18.8 Å². The number of carbonyl (C=O) groups excluding carboxylic acids is 1. The van der Waals surface area contributed by atoms with Crippen LogP contribution in [0, 0.1) is 6.92 Å². The minimum atomic E-state index is -3.85. The van der Waals surface area contributed by atoms with Gasteiger partial charge in [-0.3, -0.25) is 9.48 Å². The van der Waals surface area contributed by atoms with Crippen molar-refractivity contribution < 1.29 is 13.2 Å². The lowest BCUT2D eigenvalue weighted by Crippen LogP contribution is -2.40. The van der Waals surface area contributed by atoms with Crippen LogP contribution >= 0.6 is 0 Å². The van der Waals surface area contributed by atoms with Crippen molar-refractivity contribution in [2.24, 2.45) is 7.05 Å². The average Bonchev–Trinajstić information content (AvgIpc) is 2.63. The van der Waals surface area contributed by atoms with Crippen molar-refractivity contribution in [2.75, 3.05) is 25.4 Å². The molecule has 0 fully saturated rings. The molecule has 0 unspecified atom stereocenters. The Balaban J connectivity index is 2.89. The maximum absolute atomic E-state index is 12.2. The highest BCUT2D eigenvalue weighted by Gasteiger charge is 2.25. The number of nitrogens with zero attached hydrogens (tertiary/aromatic N) is 3. The van der Waals surface area contributed by atoms with Crippen LogP contribution in [0.3, 0.4) is 0 Å². The molecule has 1 aromatic rings. The zero-order valence-corrected chi connectivity index (χ0v) is 13.0. The minimum Gasteiger partial charge on any atom is -0.381 e. The summed E-state index contributed by atoms with van der Waals surface area (Å²) in [6.07, 6.45) is 0. The van der Waals surface area contributed by atoms with Gasteiger partial charge in [0.15, 0.2) is 5.82 Å². The SMILES string of the molecule is CCN(CC)C(=O)CNS(=O)(=O)c1c(N)nn(C)c1C. The minimum absolute atomic E-state index is 0.0761. The predicted molar refractivity (Wildman–Crippen MR) is 75.5 cm³/mol. The summed E-state index contributed by atoms with van der Waals surface area (Å²) in [6.45, 7) is 6.04. The summed E-state index contributed by atoms with van der Waals surface area (Å²) < 4.78 is 28.0. The summed E-state index contributed by atoms with van der Waals surface area (Å²) in [7, 11) is -2.25. The molecular formula is C11H21N5O3S. The lowest BCUT2D eigenvalue weighted by atomic mass is 10.4. The van der Waals surface area contributed by atoms with Gasteiger partial charge in [-0.15, -0.1) is 0 Å². The van der Waals surface area contributed by atoms with E-state index in [0.717, 1.165) is 0 Å². The second-order valence-electron chi connectivity index (χ2n) is 4.31. The molecule has 9 heteroatoms. The third-order valence-electron chi connectivity index (χ3n) is 3.10. The van der Waals surface area contributed by atoms with Crippen LogP contribution in [-0.2, 0) is 21.9 Å². The number of likely N-dealkylation sites (N-methyl/N-ethyl adjacent to an activating group) is 1. The van der Waals surface area contributed by atoms with Gasteiger partial charge in [-0.1, -0.05) is 0 Å². The zero-order valence-electron chi connectivity index (χ0n) is 12.2. The Morgan fingerprint density at radius 3 is 2.35 bits per heavy atom. The number of nitrogens with one attached hydrogen (secondary N) is 1. The number of aryl methyl sites for hydroxylation is 1. The standard InChI is InChI=1S/C11H21N5O3S/c1-5-16(6-2)9(17)7-13-20(18,19)10-8(3)15(4)14-11(10)12/h13H,5-7H2,1-4H3,(H2,12,14). The van der Waals surface area contributed by atoms with Gasteiger partial charge in [-0.2, -0.15) is 5.10 Å². The molecule has 0 aliphatic carbocycles. The van der Waals surface area contributed by atoms with Crippen LogP contribution in [0.5, 0.6) is 0 Å². The quantitative estimate of drug-likeness (QED) is 0.733. The van der Waals surface area contributed by atoms with Crippen molar-refractivity contribution in [3.63, 3.8) is 0 Å². The van der Waals surface area contributed by atoms with Gasteiger partial charge >= 0.3 is 0 Å². The van der Waals surface area contributed by atoms with Crippen LogP contribution in [0.25, 0.3) is 0 Å². The second-order valence-corrected chi connectivity index (χ2v) is 6.02. The molecule has 3 N–H and O–H groups in total. The van der Waals surface area contributed by atoms with Gasteiger partial charge in [0.2, 0.25) is 15.9 Å². The molecule has 1 amide bonds. The van der Waals surface area contributed by atoms with E-state index in [1.165, 1.54) is 4.68 Å². The molecule has 0 radical (unpaired) electrons. The van der Waals surface area contributed by atoms with Crippen LogP contribution in [0.2, 0.25) is 0 Å². The maximum atomic E-state index is 12.2. The number of sulfonamides is 1. The number of rotatable bonds is 6. The van der Waals surface area contributed by atoms with E-state index in [4.69, 9.17) is 5.73 Å². The number of aromatic nitrogens is 2. The van der Waals surface area contributed by atoms with Crippen molar-refractivity contribution in [1.82, 2.24) is 19.4 Å². The molecule has 1 rings (SSSR count). The number of nitrogen functional groups attached to an aromatic ring is 1. The van der Waals surface area contributed by atoms with Crippen LogP contribution in [0.1, 0.15) is 19.5 Å². The molecule has 1 heterocycles. The molecule has 8 nitrogen and oxygen atoms in total. The van der Waals surface area contributed by atoms with E-state index in [-0.39, 0.29) is 23.2 Å². The molecule has 0 aliphatic heterocycles. The summed E-state index contributed by atoms with van der Waals surface area (Å²) in [5.74, 6) is -0.355. The Morgan fingerprint density at radius 2 is 1.95 bits per heavy atom. The molecule has 20 heavy (non-hydrogen) atoms. The van der Waals surface area contributed by atoms with Crippen LogP contribution < -0.4 is 10.5 Å². The van der Waals surface area contributed by atoms with Gasteiger partial charge < -0.3 is 10.6 Å². The number of hydrogen-bond acceptors (Lipinski definition) is 5. The normalized spacial score (nSPS) is 11.6. The molecule has 114 valence electrons. The first-order valence-corrected chi connectivity index (χ1v) is 7.79. The lowest BCUT2D eigenvalue weighted by Gasteiger charge is -2.18. The Morgan fingerprint density at radius 1 is 1.40 bits per heavy atom. The summed E-state index contributed by atoms with van der Waals surface area (Å²) in [6, 6.07) is 0. The third-order valence-corrected chi connectivity index (χ3v) is 4.67. The Kier molecular flexibility index (Phi) is 5.12. The summed E-state index contributed by atoms with van der Waals surface area (Å²) >= 11 is 0. The third kappa shape index (κ3) is 3.28. The van der Waals surface area contributed by atoms with Gasteiger partial charge in [0.1, 0.15) is 4.90 Å². The summed E-state index contributed by atoms with van der Waals surface area (Å²) in [5, 5.41) is 3.85. The number of nitrogens with two attached hydrogens (primary N) is 1. The smallest absolute Gasteiger partial charge is 0.246 e. The van der Waals surface area contributed by atoms with Crippen molar-refractivity contribution in [2.45, 2.75) is 25.7 Å². The van der Waals surface area contributed by atoms with Crippen molar-refractivity contribution in [3.8, 4) is 0 Å². The fraction of sp³-hybridized carbons (Fsp3) is 0.636. The van der Waals surface area contributed by atoms with Gasteiger partial charge in [0, 0.05) is 20.1 Å². The van der Waals surface area contributed by atoms with E-state index >= 15 is 0 Å². The second kappa shape index (κ2) is 6.23. The zero-order chi connectivity index (χ0) is 15.5. The summed E-state index contributed by atoms with van der Waals surface area (Å²) in [4.78, 5) is 13.3. The highest BCUT2D eigenvalue weighted by molar-refractivity contribution is 7.89. The molecule has 0 aliphatic rings. The Bertz CT molecular complexity index is 589. The first-order valence-electron chi connectivity index (χ1n) is 6.31. The maximum Gasteiger partial charge on any atom is 0.246 e. The van der Waals surface area contributed by atoms with Gasteiger partial charge in [0.25, 0.3) is 0 Å². The first kappa shape index (κ1) is 16.4. The van der Waals surface area contributed by atoms with Crippen molar-refractivity contribution in [1.29, 1.82) is 0 Å². The number of anilines is 1. The Hall–Kier alpha value is -1.61. The van der Waals surface area contributed by atoms with Gasteiger partial charge in [0.05, 0.1) is 12.2 Å². The van der Waals surface area contributed by atoms with Gasteiger partial charge in [-0.25, -0.2) is 13.1 Å². The topological polar surface area (TPSA) is 110 Å². The van der Waals surface area contributed by atoms with Gasteiger partial charge in [-0.05, 0) is 20.8 Å². The van der Waals surface area contributed by atoms with E-state index < -0.39 is 10.0 Å². The largest absolute Gasteiger partial charge is 0.381 e. The number of carbonyl (C=O) groups is 1. The number of amides is 1. The molecule has 0 aromatic carbocycles. The molecule has 0 spiro atoms. The molecular weight excluding hydrogens is 282 g/mol. The predicted octanol–water partition coefficient (Wildman–Crippen LogP) is -0.543. The van der Waals surface area contributed by atoms with Crippen LogP contribution in [-0.4, -0.2) is 48.6 Å². The Labute approximate surface area is 119 Å². The fourth-order valence-electron chi connectivity index (χ4n) is 1.86. The van der Waals surface area contributed by atoms with Crippen LogP contribution in [0.15, 0.2) is 4.90 Å². The first-order chi connectivity index (χ1) is 9.24. The molecule has 0 atom stereocenters. The monoisotopic (exact) mass is 303 g/mol. The summed E-state index contributed by atoms with van der Waals surface area (Å²) in [5.41, 5.74) is 6.02. The van der Waals surface area contributed by atoms with E-state index in [1.54, 1.807) is 18.9 Å². The molecule has 1 aromatic heterocycles. The molecule has 0 saturated carbocycles. The highest BCUT2D eigenvalue weighted by atomic mass is 32.2. The van der Waals surface area contributed by atoms with E-state index in [2.05, 4.69) is 9.82 Å². The number of hydrogen-bond donors (Lipinski definition) is 2. The van der Waals surface area contributed by atoms with E-state index in [1.807, 2.05) is 13.8 Å². The molecule has 0 bridgehead atoms. The van der Waals surface area contributed by atoms with Crippen LogP contribution in [0.4, 0.5) is 5.82 Å². The van der Waals surface area contributed by atoms with Crippen molar-refractivity contribution >= 4 is 21.7 Å². The lowest BCUT2D eigenvalue weighted by molar-refractivity contribution is -0.129. The van der Waals surface area contributed by atoms with Crippen molar-refractivity contribution in [3.05, 3.63) is 5.69 Å². The molecule has 0 saturated heterocycles. The highest BCUT2D eigenvalue weighted by Crippen LogP contribution is 2.20.